The Balaban J connectivity index is 3.02. The third-order valence-electron chi connectivity index (χ3n) is 3.67. The topological polar surface area (TPSA) is 49.6 Å². The quantitative estimate of drug-likeness (QED) is 0.800. The third kappa shape index (κ3) is 4.43. The van der Waals surface area contributed by atoms with Crippen molar-refractivity contribution in [1.29, 1.82) is 0 Å². The molecule has 0 aromatic heterocycles. The van der Waals surface area contributed by atoms with Gasteiger partial charge in [-0.15, -0.1) is 0 Å². The van der Waals surface area contributed by atoms with E-state index in [1.807, 2.05) is 25.7 Å². The number of nitrogens with two attached hydrogens (primary N) is 1. The molecular formula is C16H26FN3O. The summed E-state index contributed by atoms with van der Waals surface area (Å²) >= 11 is 0. The van der Waals surface area contributed by atoms with Crippen LogP contribution in [-0.4, -0.2) is 43.0 Å². The summed E-state index contributed by atoms with van der Waals surface area (Å²) in [5, 5.41) is 0. The molecule has 2 N–H and O–H groups in total. The summed E-state index contributed by atoms with van der Waals surface area (Å²) in [4.78, 5) is 16.1. The number of amides is 1. The Labute approximate surface area is 126 Å². The summed E-state index contributed by atoms with van der Waals surface area (Å²) in [5.41, 5.74) is 6.02. The lowest BCUT2D eigenvalue weighted by atomic mass is 10.1. The molecule has 0 aliphatic heterocycles. The van der Waals surface area contributed by atoms with Gasteiger partial charge in [-0.05, 0) is 45.9 Å². The highest BCUT2D eigenvalue weighted by atomic mass is 19.1. The van der Waals surface area contributed by atoms with E-state index in [2.05, 4.69) is 0 Å². The van der Waals surface area contributed by atoms with Crippen molar-refractivity contribution in [2.24, 2.45) is 5.73 Å². The first-order valence-corrected chi connectivity index (χ1v) is 7.56. The number of nitrogens with zero attached hydrogens (tertiary/aromatic N) is 2. The van der Waals surface area contributed by atoms with Gasteiger partial charge in [0.1, 0.15) is 11.9 Å². The Hall–Kier alpha value is -1.62. The fourth-order valence-electron chi connectivity index (χ4n) is 2.40. The molecule has 1 unspecified atom stereocenters. The number of carbonyl (C=O) groups is 1. The Bertz CT molecular complexity index is 449. The molecular weight excluding hydrogens is 269 g/mol. The van der Waals surface area contributed by atoms with Crippen molar-refractivity contribution >= 4 is 11.6 Å². The highest BCUT2D eigenvalue weighted by Crippen LogP contribution is 2.22. The molecule has 1 rings (SSSR count). The Morgan fingerprint density at radius 1 is 1.29 bits per heavy atom. The summed E-state index contributed by atoms with van der Waals surface area (Å²) in [7, 11) is 0. The lowest BCUT2D eigenvalue weighted by molar-refractivity contribution is -0.131. The fourth-order valence-corrected chi connectivity index (χ4v) is 2.40. The summed E-state index contributed by atoms with van der Waals surface area (Å²) in [6.07, 6.45) is 0.713. The number of halogens is 1. The van der Waals surface area contributed by atoms with E-state index >= 15 is 0 Å². The van der Waals surface area contributed by atoms with Gasteiger partial charge in [0.25, 0.3) is 0 Å². The fraction of sp³-hybridized carbons (Fsp3) is 0.562. The van der Waals surface area contributed by atoms with E-state index in [0.717, 1.165) is 0 Å². The van der Waals surface area contributed by atoms with Gasteiger partial charge in [-0.1, -0.05) is 12.1 Å². The normalized spacial score (nSPS) is 12.0. The Morgan fingerprint density at radius 2 is 1.90 bits per heavy atom. The molecule has 1 atom stereocenters. The number of anilines is 1. The van der Waals surface area contributed by atoms with Gasteiger partial charge in [0.2, 0.25) is 5.91 Å². The predicted molar refractivity (Wildman–Crippen MR) is 84.8 cm³/mol. The molecule has 4 nitrogen and oxygen atoms in total. The van der Waals surface area contributed by atoms with Crippen molar-refractivity contribution in [2.75, 3.05) is 31.1 Å². The maximum absolute atomic E-state index is 14.1. The maximum atomic E-state index is 14.1. The van der Waals surface area contributed by atoms with E-state index in [1.54, 1.807) is 23.1 Å². The van der Waals surface area contributed by atoms with Gasteiger partial charge in [0.15, 0.2) is 0 Å². The van der Waals surface area contributed by atoms with Crippen molar-refractivity contribution in [3.05, 3.63) is 30.1 Å². The minimum atomic E-state index is -0.409. The number of para-hydroxylation sites is 1. The zero-order valence-corrected chi connectivity index (χ0v) is 13.2. The van der Waals surface area contributed by atoms with Gasteiger partial charge in [-0.3, -0.25) is 4.79 Å². The molecule has 21 heavy (non-hydrogen) atoms. The molecule has 0 spiro atoms. The molecule has 0 aliphatic carbocycles. The van der Waals surface area contributed by atoms with Crippen LogP contribution >= 0.6 is 0 Å². The van der Waals surface area contributed by atoms with Crippen LogP contribution in [0.2, 0.25) is 0 Å². The second-order valence-corrected chi connectivity index (χ2v) is 4.97. The largest absolute Gasteiger partial charge is 0.357 e. The van der Waals surface area contributed by atoms with Crippen molar-refractivity contribution in [1.82, 2.24) is 4.90 Å². The zero-order chi connectivity index (χ0) is 15.8. The van der Waals surface area contributed by atoms with Crippen molar-refractivity contribution < 1.29 is 9.18 Å². The molecule has 1 aromatic carbocycles. The smallest absolute Gasteiger partial charge is 0.244 e. The number of carbonyl (C=O) groups excluding carboxylic acids is 1. The van der Waals surface area contributed by atoms with E-state index in [4.69, 9.17) is 5.73 Å². The Morgan fingerprint density at radius 3 is 2.43 bits per heavy atom. The number of benzene rings is 1. The first kappa shape index (κ1) is 17.4. The average Bonchev–Trinajstić information content (AvgIpc) is 2.50. The van der Waals surface area contributed by atoms with Crippen LogP contribution in [0.4, 0.5) is 10.1 Å². The van der Waals surface area contributed by atoms with Gasteiger partial charge in [-0.2, -0.15) is 0 Å². The Kier molecular flexibility index (Phi) is 7.15. The van der Waals surface area contributed by atoms with E-state index in [0.29, 0.717) is 38.3 Å². The molecule has 1 amide bonds. The average molecular weight is 295 g/mol. The van der Waals surface area contributed by atoms with E-state index < -0.39 is 6.04 Å². The van der Waals surface area contributed by atoms with E-state index in [9.17, 15) is 9.18 Å². The minimum Gasteiger partial charge on any atom is -0.357 e. The standard InChI is InChI=1S/C16H26FN3O/c1-4-19(5-2)16(21)13(3)20(12-8-11-18)15-10-7-6-9-14(15)17/h6-7,9-10,13H,4-5,8,11-12,18H2,1-3H3. The molecule has 0 fully saturated rings. The minimum absolute atomic E-state index is 0.0141. The monoisotopic (exact) mass is 295 g/mol. The van der Waals surface area contributed by atoms with Crippen LogP contribution in [-0.2, 0) is 4.79 Å². The maximum Gasteiger partial charge on any atom is 0.244 e. The molecule has 5 heteroatoms. The molecule has 0 saturated heterocycles. The number of hydrogen-bond acceptors (Lipinski definition) is 3. The van der Waals surface area contributed by atoms with Gasteiger partial charge in [-0.25, -0.2) is 4.39 Å². The first-order chi connectivity index (χ1) is 10.1. The third-order valence-corrected chi connectivity index (χ3v) is 3.67. The van der Waals surface area contributed by atoms with Crippen LogP contribution < -0.4 is 10.6 Å². The molecule has 0 heterocycles. The van der Waals surface area contributed by atoms with Gasteiger partial charge in [0.05, 0.1) is 5.69 Å². The highest BCUT2D eigenvalue weighted by molar-refractivity contribution is 5.85. The number of hydrogen-bond donors (Lipinski definition) is 1. The number of likely N-dealkylation sites (N-methyl/N-ethyl adjacent to an activating group) is 1. The lowest BCUT2D eigenvalue weighted by Crippen LogP contribution is -2.48. The van der Waals surface area contributed by atoms with E-state index in [-0.39, 0.29) is 11.7 Å². The van der Waals surface area contributed by atoms with Crippen LogP contribution in [0, 0.1) is 5.82 Å². The SMILES string of the molecule is CCN(CC)C(=O)C(C)N(CCCN)c1ccccc1F. The second kappa shape index (κ2) is 8.62. The number of rotatable bonds is 8. The van der Waals surface area contributed by atoms with Crippen LogP contribution in [0.15, 0.2) is 24.3 Å². The zero-order valence-electron chi connectivity index (χ0n) is 13.2. The molecule has 0 radical (unpaired) electrons. The van der Waals surface area contributed by atoms with Crippen LogP contribution in [0.25, 0.3) is 0 Å². The summed E-state index contributed by atoms with van der Waals surface area (Å²) in [6.45, 7) is 8.10. The molecule has 118 valence electrons. The molecule has 0 saturated carbocycles. The summed E-state index contributed by atoms with van der Waals surface area (Å²) < 4.78 is 14.1. The van der Waals surface area contributed by atoms with Gasteiger partial charge in [0, 0.05) is 19.6 Å². The summed E-state index contributed by atoms with van der Waals surface area (Å²) in [6, 6.07) is 6.14. The second-order valence-electron chi connectivity index (χ2n) is 4.97. The van der Waals surface area contributed by atoms with Crippen molar-refractivity contribution in [3.8, 4) is 0 Å². The van der Waals surface area contributed by atoms with E-state index in [1.165, 1.54) is 6.07 Å². The molecule has 1 aromatic rings. The molecule has 0 aliphatic rings. The van der Waals surface area contributed by atoms with Crippen LogP contribution in [0.1, 0.15) is 27.2 Å². The lowest BCUT2D eigenvalue weighted by Gasteiger charge is -2.33. The van der Waals surface area contributed by atoms with Crippen molar-refractivity contribution in [2.45, 2.75) is 33.2 Å². The summed E-state index contributed by atoms with van der Waals surface area (Å²) in [5.74, 6) is -0.297. The van der Waals surface area contributed by atoms with Crippen LogP contribution in [0.5, 0.6) is 0 Å². The van der Waals surface area contributed by atoms with Crippen molar-refractivity contribution in [3.63, 3.8) is 0 Å². The molecule has 0 bridgehead atoms. The predicted octanol–water partition coefficient (Wildman–Crippen LogP) is 2.24. The highest BCUT2D eigenvalue weighted by Gasteiger charge is 2.26. The van der Waals surface area contributed by atoms with Gasteiger partial charge < -0.3 is 15.5 Å². The first-order valence-electron chi connectivity index (χ1n) is 7.56. The van der Waals surface area contributed by atoms with Crippen LogP contribution in [0.3, 0.4) is 0 Å². The van der Waals surface area contributed by atoms with Gasteiger partial charge >= 0.3 is 0 Å².